The van der Waals surface area contributed by atoms with Crippen LogP contribution in [0, 0.1) is 10.8 Å². The van der Waals surface area contributed by atoms with Crippen molar-refractivity contribution in [1.82, 2.24) is 0 Å². The Balaban J connectivity index is 2.63. The number of phenolic OH excluding ortho intramolecular Hbond substituents is 2. The van der Waals surface area contributed by atoms with Crippen molar-refractivity contribution in [1.29, 1.82) is 0 Å². The first kappa shape index (κ1) is 18.9. The SMILES string of the molecule is CC(C)(C)CCCc1cc(O)c(CCCC(C)(C)C)cc1O. The Labute approximate surface area is 136 Å². The molecule has 22 heavy (non-hydrogen) atoms. The van der Waals surface area contributed by atoms with Gasteiger partial charge in [-0.05, 0) is 72.6 Å². The van der Waals surface area contributed by atoms with Crippen LogP contribution in [0.25, 0.3) is 0 Å². The summed E-state index contributed by atoms with van der Waals surface area (Å²) >= 11 is 0. The van der Waals surface area contributed by atoms with Crippen LogP contribution in [0.5, 0.6) is 11.5 Å². The molecule has 1 aromatic carbocycles. The minimum Gasteiger partial charge on any atom is -0.508 e. The van der Waals surface area contributed by atoms with Gasteiger partial charge in [-0.25, -0.2) is 0 Å². The molecule has 0 saturated carbocycles. The lowest BCUT2D eigenvalue weighted by molar-refractivity contribution is 0.361. The molecule has 2 heteroatoms. The molecule has 0 aliphatic rings. The molecule has 0 aliphatic heterocycles. The zero-order chi connectivity index (χ0) is 17.0. The highest BCUT2D eigenvalue weighted by Gasteiger charge is 2.14. The Morgan fingerprint density at radius 1 is 0.682 bits per heavy atom. The average molecular weight is 306 g/mol. The normalized spacial score (nSPS) is 12.6. The van der Waals surface area contributed by atoms with Crippen molar-refractivity contribution in [3.8, 4) is 11.5 Å². The van der Waals surface area contributed by atoms with Gasteiger partial charge in [0.1, 0.15) is 11.5 Å². The van der Waals surface area contributed by atoms with Crippen LogP contribution in [-0.2, 0) is 12.8 Å². The van der Waals surface area contributed by atoms with Crippen LogP contribution in [0.2, 0.25) is 0 Å². The molecule has 1 rings (SSSR count). The summed E-state index contributed by atoms with van der Waals surface area (Å²) in [6, 6.07) is 3.51. The minimum atomic E-state index is 0.310. The van der Waals surface area contributed by atoms with Gasteiger partial charge in [0.15, 0.2) is 0 Å². The first-order chi connectivity index (χ1) is 9.98. The van der Waals surface area contributed by atoms with Gasteiger partial charge in [-0.3, -0.25) is 0 Å². The first-order valence-corrected chi connectivity index (χ1v) is 8.52. The monoisotopic (exact) mass is 306 g/mol. The maximum absolute atomic E-state index is 10.2. The zero-order valence-electron chi connectivity index (χ0n) is 15.3. The second kappa shape index (κ2) is 7.39. The van der Waals surface area contributed by atoms with Crippen LogP contribution in [0.3, 0.4) is 0 Å². The van der Waals surface area contributed by atoms with Gasteiger partial charge in [0.05, 0.1) is 0 Å². The third kappa shape index (κ3) is 7.20. The van der Waals surface area contributed by atoms with Crippen molar-refractivity contribution in [3.05, 3.63) is 23.3 Å². The van der Waals surface area contributed by atoms with Crippen molar-refractivity contribution in [3.63, 3.8) is 0 Å². The number of benzene rings is 1. The molecule has 2 N–H and O–H groups in total. The summed E-state index contributed by atoms with van der Waals surface area (Å²) in [5.41, 5.74) is 2.34. The summed E-state index contributed by atoms with van der Waals surface area (Å²) in [5.74, 6) is 0.662. The van der Waals surface area contributed by atoms with Crippen molar-refractivity contribution in [2.45, 2.75) is 80.1 Å². The van der Waals surface area contributed by atoms with Crippen molar-refractivity contribution in [2.75, 3.05) is 0 Å². The van der Waals surface area contributed by atoms with Gasteiger partial charge in [0.2, 0.25) is 0 Å². The molecule has 0 heterocycles. The van der Waals surface area contributed by atoms with E-state index in [0.29, 0.717) is 22.3 Å². The average Bonchev–Trinajstić information content (AvgIpc) is 2.31. The topological polar surface area (TPSA) is 40.5 Å². The predicted octanol–water partition coefficient (Wildman–Crippen LogP) is 5.84. The molecule has 0 spiro atoms. The summed E-state index contributed by atoms with van der Waals surface area (Å²) in [5, 5.41) is 20.4. The lowest BCUT2D eigenvalue weighted by Gasteiger charge is -2.19. The highest BCUT2D eigenvalue weighted by atomic mass is 16.3. The molecule has 0 saturated heterocycles. The van der Waals surface area contributed by atoms with Gasteiger partial charge in [0, 0.05) is 0 Å². The molecule has 0 amide bonds. The van der Waals surface area contributed by atoms with E-state index in [9.17, 15) is 10.2 Å². The second-order valence-electron chi connectivity index (χ2n) is 8.94. The van der Waals surface area contributed by atoms with E-state index in [0.717, 1.165) is 49.7 Å². The van der Waals surface area contributed by atoms with E-state index in [2.05, 4.69) is 41.5 Å². The smallest absolute Gasteiger partial charge is 0.119 e. The predicted molar refractivity (Wildman–Crippen MR) is 94.6 cm³/mol. The number of rotatable bonds is 6. The molecule has 0 atom stereocenters. The van der Waals surface area contributed by atoms with Crippen LogP contribution in [0.15, 0.2) is 12.1 Å². The number of hydrogen-bond donors (Lipinski definition) is 2. The van der Waals surface area contributed by atoms with Gasteiger partial charge in [-0.2, -0.15) is 0 Å². The fraction of sp³-hybridized carbons (Fsp3) is 0.700. The lowest BCUT2D eigenvalue weighted by atomic mass is 9.88. The summed E-state index contributed by atoms with van der Waals surface area (Å²) in [4.78, 5) is 0. The van der Waals surface area contributed by atoms with Gasteiger partial charge >= 0.3 is 0 Å². The highest BCUT2D eigenvalue weighted by Crippen LogP contribution is 2.32. The van der Waals surface area contributed by atoms with Gasteiger partial charge in [-0.15, -0.1) is 0 Å². The van der Waals surface area contributed by atoms with Crippen LogP contribution in [0.1, 0.15) is 78.4 Å². The number of phenols is 2. The van der Waals surface area contributed by atoms with Crippen molar-refractivity contribution >= 4 is 0 Å². The third-order valence-electron chi connectivity index (χ3n) is 4.03. The van der Waals surface area contributed by atoms with Crippen molar-refractivity contribution < 1.29 is 10.2 Å². The molecule has 0 radical (unpaired) electrons. The number of hydrogen-bond acceptors (Lipinski definition) is 2. The molecule has 126 valence electrons. The maximum Gasteiger partial charge on any atom is 0.119 e. The highest BCUT2D eigenvalue weighted by molar-refractivity contribution is 5.45. The van der Waals surface area contributed by atoms with E-state index in [1.54, 1.807) is 12.1 Å². The maximum atomic E-state index is 10.2. The lowest BCUT2D eigenvalue weighted by Crippen LogP contribution is -2.05. The van der Waals surface area contributed by atoms with Crippen LogP contribution in [-0.4, -0.2) is 10.2 Å². The Hall–Kier alpha value is -1.18. The molecular formula is C20H34O2. The Kier molecular flexibility index (Phi) is 6.34. The molecule has 0 bridgehead atoms. The number of aryl methyl sites for hydroxylation is 2. The molecule has 0 fully saturated rings. The summed E-state index contributed by atoms with van der Waals surface area (Å²) < 4.78 is 0. The standard InChI is InChI=1S/C20H34O2/c1-19(2,3)11-7-9-15-13-18(22)16(14-17(15)21)10-8-12-20(4,5)6/h13-14,21-22H,7-12H2,1-6H3. The Bertz CT molecular complexity index is 430. The molecule has 2 nitrogen and oxygen atoms in total. The van der Waals surface area contributed by atoms with Crippen LogP contribution >= 0.6 is 0 Å². The van der Waals surface area contributed by atoms with E-state index in [-0.39, 0.29) is 0 Å². The minimum absolute atomic E-state index is 0.310. The molecule has 1 aromatic rings. The molecular weight excluding hydrogens is 272 g/mol. The first-order valence-electron chi connectivity index (χ1n) is 8.52. The molecule has 0 aliphatic carbocycles. The molecule has 0 unspecified atom stereocenters. The van der Waals surface area contributed by atoms with E-state index in [4.69, 9.17) is 0 Å². The van der Waals surface area contributed by atoms with Gasteiger partial charge < -0.3 is 10.2 Å². The summed E-state index contributed by atoms with van der Waals surface area (Å²) in [6.07, 6.45) is 5.92. The quantitative estimate of drug-likeness (QED) is 0.649. The third-order valence-corrected chi connectivity index (χ3v) is 4.03. The Morgan fingerprint density at radius 3 is 1.27 bits per heavy atom. The largest absolute Gasteiger partial charge is 0.508 e. The van der Waals surface area contributed by atoms with Crippen molar-refractivity contribution in [2.24, 2.45) is 10.8 Å². The van der Waals surface area contributed by atoms with E-state index in [1.165, 1.54) is 0 Å². The molecule has 0 aromatic heterocycles. The number of aromatic hydroxyl groups is 2. The summed E-state index contributed by atoms with van der Waals surface area (Å²) in [6.45, 7) is 13.3. The van der Waals surface area contributed by atoms with E-state index < -0.39 is 0 Å². The van der Waals surface area contributed by atoms with Crippen LogP contribution in [0.4, 0.5) is 0 Å². The Morgan fingerprint density at radius 2 is 1.00 bits per heavy atom. The second-order valence-corrected chi connectivity index (χ2v) is 8.94. The van der Waals surface area contributed by atoms with E-state index >= 15 is 0 Å². The van der Waals surface area contributed by atoms with Crippen LogP contribution < -0.4 is 0 Å². The fourth-order valence-electron chi connectivity index (χ4n) is 2.68. The van der Waals surface area contributed by atoms with E-state index in [1.807, 2.05) is 0 Å². The zero-order valence-corrected chi connectivity index (χ0v) is 15.3. The fourth-order valence-corrected chi connectivity index (χ4v) is 2.68. The van der Waals surface area contributed by atoms with Gasteiger partial charge in [-0.1, -0.05) is 41.5 Å². The summed E-state index contributed by atoms with van der Waals surface area (Å²) in [7, 11) is 0. The van der Waals surface area contributed by atoms with Gasteiger partial charge in [0.25, 0.3) is 0 Å².